The molecule has 0 saturated heterocycles. The molecule has 0 amide bonds. The van der Waals surface area contributed by atoms with Gasteiger partial charge in [-0.2, -0.15) is 0 Å². The standard InChI is InChI=1S/C15H11Br2FO2/c16-11-5-9-3-4-19-15(9)10(6-11)8-20-12-1-2-14(18)13(17)7-12/h1-2,5-7H,3-4,8H2. The van der Waals surface area contributed by atoms with E-state index >= 15 is 0 Å². The Morgan fingerprint density at radius 3 is 2.85 bits per heavy atom. The van der Waals surface area contributed by atoms with E-state index in [1.807, 2.05) is 6.07 Å². The second-order valence-corrected chi connectivity index (χ2v) is 6.29. The second-order valence-electron chi connectivity index (χ2n) is 4.52. The molecule has 0 N–H and O–H groups in total. The van der Waals surface area contributed by atoms with Gasteiger partial charge < -0.3 is 9.47 Å². The summed E-state index contributed by atoms with van der Waals surface area (Å²) >= 11 is 6.64. The lowest BCUT2D eigenvalue weighted by Crippen LogP contribution is -1.99. The van der Waals surface area contributed by atoms with Crippen molar-refractivity contribution in [1.29, 1.82) is 0 Å². The molecule has 2 aromatic rings. The van der Waals surface area contributed by atoms with Gasteiger partial charge in [-0.15, -0.1) is 0 Å². The summed E-state index contributed by atoms with van der Waals surface area (Å²) in [5.41, 5.74) is 2.19. The molecule has 2 aromatic carbocycles. The monoisotopic (exact) mass is 400 g/mol. The van der Waals surface area contributed by atoms with E-state index in [1.165, 1.54) is 11.6 Å². The Labute approximate surface area is 133 Å². The van der Waals surface area contributed by atoms with Crippen LogP contribution in [-0.2, 0) is 13.0 Å². The average Bonchev–Trinajstić information content (AvgIpc) is 2.88. The van der Waals surface area contributed by atoms with Crippen LogP contribution in [-0.4, -0.2) is 6.61 Å². The molecule has 1 aliphatic heterocycles. The fourth-order valence-electron chi connectivity index (χ4n) is 2.18. The molecule has 0 spiro atoms. The maximum absolute atomic E-state index is 13.2. The number of ether oxygens (including phenoxy) is 2. The second kappa shape index (κ2) is 5.74. The smallest absolute Gasteiger partial charge is 0.137 e. The highest BCUT2D eigenvalue weighted by Crippen LogP contribution is 2.34. The molecular formula is C15H11Br2FO2. The highest BCUT2D eigenvalue weighted by molar-refractivity contribution is 9.10. The summed E-state index contributed by atoms with van der Waals surface area (Å²) in [4.78, 5) is 0. The zero-order valence-corrected chi connectivity index (χ0v) is 13.6. The molecule has 0 saturated carbocycles. The molecule has 0 bridgehead atoms. The minimum absolute atomic E-state index is 0.302. The van der Waals surface area contributed by atoms with E-state index in [0.717, 1.165) is 22.2 Å². The zero-order chi connectivity index (χ0) is 14.1. The average molecular weight is 402 g/mol. The Bertz CT molecular complexity index is 659. The fraction of sp³-hybridized carbons (Fsp3) is 0.200. The van der Waals surface area contributed by atoms with Crippen molar-refractivity contribution in [2.24, 2.45) is 0 Å². The van der Waals surface area contributed by atoms with Gasteiger partial charge in [-0.3, -0.25) is 0 Å². The summed E-state index contributed by atoms with van der Waals surface area (Å²) in [6.07, 6.45) is 0.921. The number of hydrogen-bond acceptors (Lipinski definition) is 2. The summed E-state index contributed by atoms with van der Waals surface area (Å²) in [5, 5.41) is 0. The molecule has 2 nitrogen and oxygen atoms in total. The predicted octanol–water partition coefficient (Wildman–Crippen LogP) is 4.86. The summed E-state index contributed by atoms with van der Waals surface area (Å²) in [6, 6.07) is 8.66. The van der Waals surface area contributed by atoms with Crippen LogP contribution in [0.25, 0.3) is 0 Å². The van der Waals surface area contributed by atoms with Gasteiger partial charge in [0, 0.05) is 16.5 Å². The van der Waals surface area contributed by atoms with Crippen LogP contribution in [0, 0.1) is 5.82 Å². The van der Waals surface area contributed by atoms with Crippen molar-refractivity contribution in [1.82, 2.24) is 0 Å². The molecule has 0 unspecified atom stereocenters. The Morgan fingerprint density at radius 2 is 2.05 bits per heavy atom. The van der Waals surface area contributed by atoms with E-state index in [2.05, 4.69) is 37.9 Å². The summed E-state index contributed by atoms with van der Waals surface area (Å²) in [7, 11) is 0. The highest BCUT2D eigenvalue weighted by atomic mass is 79.9. The molecule has 0 aliphatic carbocycles. The molecule has 1 heterocycles. The van der Waals surface area contributed by atoms with E-state index in [4.69, 9.17) is 9.47 Å². The molecule has 20 heavy (non-hydrogen) atoms. The van der Waals surface area contributed by atoms with Crippen LogP contribution >= 0.6 is 31.9 Å². The van der Waals surface area contributed by atoms with Gasteiger partial charge in [-0.05, 0) is 51.8 Å². The van der Waals surface area contributed by atoms with Gasteiger partial charge in [-0.1, -0.05) is 15.9 Å². The van der Waals surface area contributed by atoms with E-state index in [0.29, 0.717) is 23.4 Å². The maximum Gasteiger partial charge on any atom is 0.137 e. The van der Waals surface area contributed by atoms with Gasteiger partial charge in [-0.25, -0.2) is 4.39 Å². The molecular weight excluding hydrogens is 391 g/mol. The summed E-state index contributed by atoms with van der Waals surface area (Å²) < 4.78 is 25.9. The zero-order valence-electron chi connectivity index (χ0n) is 10.5. The highest BCUT2D eigenvalue weighted by Gasteiger charge is 2.17. The van der Waals surface area contributed by atoms with E-state index in [-0.39, 0.29) is 5.82 Å². The van der Waals surface area contributed by atoms with Crippen molar-refractivity contribution < 1.29 is 13.9 Å². The number of halogens is 3. The third-order valence-electron chi connectivity index (χ3n) is 3.11. The first-order chi connectivity index (χ1) is 9.63. The van der Waals surface area contributed by atoms with Crippen LogP contribution in [0.15, 0.2) is 39.3 Å². The van der Waals surface area contributed by atoms with E-state index < -0.39 is 0 Å². The van der Waals surface area contributed by atoms with Crippen molar-refractivity contribution in [3.8, 4) is 11.5 Å². The molecule has 0 radical (unpaired) electrons. The van der Waals surface area contributed by atoms with Gasteiger partial charge in [0.25, 0.3) is 0 Å². The van der Waals surface area contributed by atoms with Gasteiger partial charge in [0.1, 0.15) is 23.9 Å². The van der Waals surface area contributed by atoms with Crippen molar-refractivity contribution >= 4 is 31.9 Å². The fourth-order valence-corrected chi connectivity index (χ4v) is 3.09. The quantitative estimate of drug-likeness (QED) is 0.730. The van der Waals surface area contributed by atoms with Crippen molar-refractivity contribution in [3.05, 3.63) is 56.2 Å². The van der Waals surface area contributed by atoms with Crippen LogP contribution < -0.4 is 9.47 Å². The van der Waals surface area contributed by atoms with Crippen molar-refractivity contribution in [2.45, 2.75) is 13.0 Å². The summed E-state index contributed by atoms with van der Waals surface area (Å²) in [6.45, 7) is 1.10. The number of hydrogen-bond donors (Lipinski definition) is 0. The third kappa shape index (κ3) is 2.83. The third-order valence-corrected chi connectivity index (χ3v) is 4.18. The van der Waals surface area contributed by atoms with Gasteiger partial charge in [0.2, 0.25) is 0 Å². The predicted molar refractivity (Wildman–Crippen MR) is 81.8 cm³/mol. The Kier molecular flexibility index (Phi) is 3.98. The Balaban J connectivity index is 1.80. The van der Waals surface area contributed by atoms with Crippen LogP contribution in [0.5, 0.6) is 11.5 Å². The molecule has 5 heteroatoms. The SMILES string of the molecule is Fc1ccc(OCc2cc(Br)cc3c2OCC3)cc1Br. The first-order valence-corrected chi connectivity index (χ1v) is 7.74. The van der Waals surface area contributed by atoms with Gasteiger partial charge >= 0.3 is 0 Å². The largest absolute Gasteiger partial charge is 0.493 e. The first kappa shape index (κ1) is 13.9. The number of benzene rings is 2. The molecule has 104 valence electrons. The first-order valence-electron chi connectivity index (χ1n) is 6.15. The lowest BCUT2D eigenvalue weighted by molar-refractivity contribution is 0.291. The lowest BCUT2D eigenvalue weighted by Gasteiger charge is -2.11. The van der Waals surface area contributed by atoms with Crippen molar-refractivity contribution in [2.75, 3.05) is 6.61 Å². The minimum Gasteiger partial charge on any atom is -0.493 e. The van der Waals surface area contributed by atoms with Crippen molar-refractivity contribution in [3.63, 3.8) is 0 Å². The van der Waals surface area contributed by atoms with Crippen LogP contribution in [0.1, 0.15) is 11.1 Å². The van der Waals surface area contributed by atoms with Crippen LogP contribution in [0.2, 0.25) is 0 Å². The molecule has 0 aromatic heterocycles. The Morgan fingerprint density at radius 1 is 1.20 bits per heavy atom. The lowest BCUT2D eigenvalue weighted by atomic mass is 10.1. The van der Waals surface area contributed by atoms with Gasteiger partial charge in [0.15, 0.2) is 0 Å². The molecule has 3 rings (SSSR count). The molecule has 0 fully saturated rings. The van der Waals surface area contributed by atoms with Gasteiger partial charge in [0.05, 0.1) is 11.1 Å². The number of fused-ring (bicyclic) bond motifs is 1. The van der Waals surface area contributed by atoms with Crippen LogP contribution in [0.3, 0.4) is 0 Å². The number of rotatable bonds is 3. The van der Waals surface area contributed by atoms with Crippen LogP contribution in [0.4, 0.5) is 4.39 Å². The Hall–Kier alpha value is -1.07. The minimum atomic E-state index is -0.302. The summed E-state index contributed by atoms with van der Waals surface area (Å²) in [5.74, 6) is 1.23. The van der Waals surface area contributed by atoms with E-state index in [9.17, 15) is 4.39 Å². The topological polar surface area (TPSA) is 18.5 Å². The molecule has 1 aliphatic rings. The maximum atomic E-state index is 13.2. The van der Waals surface area contributed by atoms with E-state index in [1.54, 1.807) is 12.1 Å². The normalized spacial score (nSPS) is 12.9. The molecule has 0 atom stereocenters.